The Bertz CT molecular complexity index is 1020. The molecule has 0 saturated carbocycles. The molecule has 7 heteroatoms. The molecule has 7 nitrogen and oxygen atoms in total. The number of anilines is 1. The zero-order valence-electron chi connectivity index (χ0n) is 19.4. The third kappa shape index (κ3) is 5.22. The summed E-state index contributed by atoms with van der Waals surface area (Å²) >= 11 is 0. The van der Waals surface area contributed by atoms with Crippen LogP contribution in [-0.2, 0) is 6.54 Å². The van der Waals surface area contributed by atoms with Gasteiger partial charge < -0.3 is 9.64 Å². The number of nitrogens with zero attached hydrogens (tertiary/aromatic N) is 6. The molecule has 3 aromatic rings. The highest BCUT2D eigenvalue weighted by atomic mass is 16.5. The zero-order valence-corrected chi connectivity index (χ0v) is 19.4. The maximum Gasteiger partial charge on any atom is 0.225 e. The molecule has 0 radical (unpaired) electrons. The fraction of sp³-hybridized carbons (Fsp3) is 0.440. The molecule has 0 amide bonds. The molecule has 1 atom stereocenters. The van der Waals surface area contributed by atoms with Crippen LogP contribution in [0.1, 0.15) is 37.4 Å². The molecule has 1 aromatic carbocycles. The Labute approximate surface area is 190 Å². The van der Waals surface area contributed by atoms with Crippen molar-refractivity contribution >= 4 is 5.95 Å². The minimum atomic E-state index is 0.329. The number of aromatic nitrogens is 4. The number of likely N-dealkylation sites (tertiary alicyclic amines) is 1. The van der Waals surface area contributed by atoms with Gasteiger partial charge in [-0.05, 0) is 24.9 Å². The number of rotatable bonds is 8. The quantitative estimate of drug-likeness (QED) is 0.532. The van der Waals surface area contributed by atoms with E-state index in [2.05, 4.69) is 51.9 Å². The lowest BCUT2D eigenvalue weighted by Gasteiger charge is -2.20. The number of hydrogen-bond acceptors (Lipinski definition) is 7. The molecular formula is C25H32N6O. The molecule has 2 aromatic heterocycles. The first-order chi connectivity index (χ1) is 15.5. The molecule has 0 unspecified atom stereocenters. The van der Waals surface area contributed by atoms with Crippen molar-refractivity contribution in [2.45, 2.75) is 32.7 Å². The van der Waals surface area contributed by atoms with Gasteiger partial charge in [-0.1, -0.05) is 32.0 Å². The highest BCUT2D eigenvalue weighted by Crippen LogP contribution is 2.34. The summed E-state index contributed by atoms with van der Waals surface area (Å²) in [5.74, 6) is 2.55. The van der Waals surface area contributed by atoms with Gasteiger partial charge in [0, 0.05) is 68.4 Å². The van der Waals surface area contributed by atoms with E-state index in [1.807, 2.05) is 43.7 Å². The van der Waals surface area contributed by atoms with E-state index >= 15 is 0 Å². The van der Waals surface area contributed by atoms with Gasteiger partial charge in [0.1, 0.15) is 12.1 Å². The van der Waals surface area contributed by atoms with Gasteiger partial charge in [0.2, 0.25) is 5.95 Å². The lowest BCUT2D eigenvalue weighted by atomic mass is 9.97. The summed E-state index contributed by atoms with van der Waals surface area (Å²) in [6, 6.07) is 8.38. The van der Waals surface area contributed by atoms with Crippen molar-refractivity contribution in [2.24, 2.45) is 5.92 Å². The first kappa shape index (κ1) is 22.1. The Morgan fingerprint density at radius 1 is 1.12 bits per heavy atom. The molecule has 3 heterocycles. The predicted molar refractivity (Wildman–Crippen MR) is 127 cm³/mol. The van der Waals surface area contributed by atoms with Crippen LogP contribution in [0.15, 0.2) is 49.2 Å². The summed E-state index contributed by atoms with van der Waals surface area (Å²) in [5.41, 5.74) is 4.29. The van der Waals surface area contributed by atoms with Crippen LogP contribution in [0, 0.1) is 5.92 Å². The van der Waals surface area contributed by atoms with Gasteiger partial charge >= 0.3 is 0 Å². The summed E-state index contributed by atoms with van der Waals surface area (Å²) in [7, 11) is 3.94. The fourth-order valence-electron chi connectivity index (χ4n) is 4.04. The van der Waals surface area contributed by atoms with Crippen molar-refractivity contribution in [1.82, 2.24) is 24.8 Å². The summed E-state index contributed by atoms with van der Waals surface area (Å²) in [5, 5.41) is 0. The second-order valence-electron chi connectivity index (χ2n) is 9.02. The number of para-hydroxylation sites is 1. The SMILES string of the molecule is CC(C)COc1ccccc1CN1CC[C@H](c2nc(N(C)C)ncc2-c2cncnc2)C1. The minimum absolute atomic E-state index is 0.329. The van der Waals surface area contributed by atoms with Crippen LogP contribution in [0.4, 0.5) is 5.95 Å². The first-order valence-electron chi connectivity index (χ1n) is 11.2. The third-order valence-electron chi connectivity index (χ3n) is 5.67. The number of benzene rings is 1. The van der Waals surface area contributed by atoms with Crippen LogP contribution in [0.25, 0.3) is 11.1 Å². The molecule has 0 aliphatic carbocycles. The van der Waals surface area contributed by atoms with Crippen molar-refractivity contribution in [3.63, 3.8) is 0 Å². The van der Waals surface area contributed by atoms with Gasteiger partial charge in [-0.15, -0.1) is 0 Å². The molecule has 32 heavy (non-hydrogen) atoms. The van der Waals surface area contributed by atoms with Crippen LogP contribution in [0.3, 0.4) is 0 Å². The van der Waals surface area contributed by atoms with E-state index in [1.54, 1.807) is 6.33 Å². The van der Waals surface area contributed by atoms with Crippen LogP contribution >= 0.6 is 0 Å². The first-order valence-corrected chi connectivity index (χ1v) is 11.2. The van der Waals surface area contributed by atoms with E-state index in [4.69, 9.17) is 9.72 Å². The normalized spacial score (nSPS) is 16.5. The van der Waals surface area contributed by atoms with E-state index in [0.29, 0.717) is 11.8 Å². The lowest BCUT2D eigenvalue weighted by Crippen LogP contribution is -2.21. The van der Waals surface area contributed by atoms with Gasteiger partial charge in [-0.25, -0.2) is 19.9 Å². The van der Waals surface area contributed by atoms with E-state index in [0.717, 1.165) is 61.2 Å². The second kappa shape index (κ2) is 10.0. The van der Waals surface area contributed by atoms with E-state index in [1.165, 1.54) is 5.56 Å². The fourth-order valence-corrected chi connectivity index (χ4v) is 4.04. The Morgan fingerprint density at radius 2 is 1.91 bits per heavy atom. The van der Waals surface area contributed by atoms with E-state index in [9.17, 15) is 0 Å². The smallest absolute Gasteiger partial charge is 0.225 e. The average molecular weight is 433 g/mol. The third-order valence-corrected chi connectivity index (χ3v) is 5.67. The van der Waals surface area contributed by atoms with Gasteiger partial charge in [-0.2, -0.15) is 0 Å². The van der Waals surface area contributed by atoms with E-state index < -0.39 is 0 Å². The van der Waals surface area contributed by atoms with Gasteiger partial charge in [-0.3, -0.25) is 4.90 Å². The lowest BCUT2D eigenvalue weighted by molar-refractivity contribution is 0.260. The number of ether oxygens (including phenoxy) is 1. The highest BCUT2D eigenvalue weighted by molar-refractivity contribution is 5.65. The Balaban J connectivity index is 1.54. The van der Waals surface area contributed by atoms with Gasteiger partial charge in [0.15, 0.2) is 0 Å². The molecule has 0 N–H and O–H groups in total. The summed E-state index contributed by atoms with van der Waals surface area (Å²) < 4.78 is 6.07. The largest absolute Gasteiger partial charge is 0.493 e. The van der Waals surface area contributed by atoms with Crippen molar-refractivity contribution in [2.75, 3.05) is 38.7 Å². The molecule has 1 aliphatic heterocycles. The minimum Gasteiger partial charge on any atom is -0.493 e. The van der Waals surface area contributed by atoms with Crippen molar-refractivity contribution < 1.29 is 4.74 Å². The monoisotopic (exact) mass is 432 g/mol. The molecule has 1 aliphatic rings. The molecule has 0 bridgehead atoms. The highest BCUT2D eigenvalue weighted by Gasteiger charge is 2.28. The van der Waals surface area contributed by atoms with Crippen molar-refractivity contribution in [3.8, 4) is 16.9 Å². The molecule has 4 rings (SSSR count). The Morgan fingerprint density at radius 3 is 2.66 bits per heavy atom. The maximum absolute atomic E-state index is 6.07. The maximum atomic E-state index is 6.07. The zero-order chi connectivity index (χ0) is 22.5. The summed E-state index contributed by atoms with van der Waals surface area (Å²) in [6.45, 7) is 7.92. The van der Waals surface area contributed by atoms with Crippen molar-refractivity contribution in [1.29, 1.82) is 0 Å². The second-order valence-corrected chi connectivity index (χ2v) is 9.02. The van der Waals surface area contributed by atoms with Crippen LogP contribution < -0.4 is 9.64 Å². The average Bonchev–Trinajstić information content (AvgIpc) is 3.27. The molecule has 0 spiro atoms. The summed E-state index contributed by atoms with van der Waals surface area (Å²) in [4.78, 5) is 22.3. The number of hydrogen-bond donors (Lipinski definition) is 0. The molecular weight excluding hydrogens is 400 g/mol. The molecule has 1 saturated heterocycles. The summed E-state index contributed by atoms with van der Waals surface area (Å²) in [6.07, 6.45) is 8.18. The Hall–Kier alpha value is -3.06. The predicted octanol–water partition coefficient (Wildman–Crippen LogP) is 4.02. The van der Waals surface area contributed by atoms with Crippen LogP contribution in [0.5, 0.6) is 5.75 Å². The van der Waals surface area contributed by atoms with Gasteiger partial charge in [0.25, 0.3) is 0 Å². The molecule has 1 fully saturated rings. The Kier molecular flexibility index (Phi) is 6.95. The molecule has 168 valence electrons. The van der Waals surface area contributed by atoms with Crippen LogP contribution in [0.2, 0.25) is 0 Å². The standard InChI is InChI=1S/C25H32N6O/c1-18(2)16-32-23-8-6-5-7-19(23)14-31-10-9-20(15-31)24-22(21-11-26-17-27-12-21)13-28-25(29-24)30(3)4/h5-8,11-13,17-18,20H,9-10,14-16H2,1-4H3/t20-/m0/s1. The van der Waals surface area contributed by atoms with Crippen molar-refractivity contribution in [3.05, 3.63) is 60.4 Å². The van der Waals surface area contributed by atoms with Crippen LogP contribution in [-0.4, -0.2) is 58.6 Å². The van der Waals surface area contributed by atoms with Gasteiger partial charge in [0.05, 0.1) is 12.3 Å². The van der Waals surface area contributed by atoms with E-state index in [-0.39, 0.29) is 0 Å². The topological polar surface area (TPSA) is 67.3 Å².